The Hall–Kier alpha value is -2.41. The third kappa shape index (κ3) is 7.03. The van der Waals surface area contributed by atoms with E-state index in [1.165, 1.54) is 16.2 Å². The number of benzene rings is 2. The van der Waals surface area contributed by atoms with Crippen molar-refractivity contribution in [2.75, 3.05) is 6.61 Å². The Morgan fingerprint density at radius 3 is 2.03 bits per heavy atom. The fourth-order valence-electron chi connectivity index (χ4n) is 5.62. The van der Waals surface area contributed by atoms with Crippen LogP contribution in [0, 0.1) is 5.41 Å². The van der Waals surface area contributed by atoms with Crippen LogP contribution in [0.15, 0.2) is 82.8 Å². The lowest BCUT2D eigenvalue weighted by Gasteiger charge is -2.51. The molecule has 1 aliphatic heterocycles. The molecule has 1 N–H and O–H groups in total. The molecule has 0 saturated carbocycles. The van der Waals surface area contributed by atoms with Crippen LogP contribution >= 0.6 is 10.3 Å². The Bertz CT molecular complexity index is 1120. The Labute approximate surface area is 237 Å². The summed E-state index contributed by atoms with van der Waals surface area (Å²) in [5.41, 5.74) is 0.189. The lowest BCUT2D eigenvalue weighted by molar-refractivity contribution is 0.123. The second kappa shape index (κ2) is 12.4. The number of piperidine rings is 1. The number of rotatable bonds is 10. The van der Waals surface area contributed by atoms with Crippen LogP contribution in [0.5, 0.6) is 5.75 Å². The third-order valence-corrected chi connectivity index (χ3v) is 11.8. The van der Waals surface area contributed by atoms with Gasteiger partial charge in [-0.05, 0) is 83.6 Å². The first-order valence-electron chi connectivity index (χ1n) is 14.3. The van der Waals surface area contributed by atoms with E-state index in [4.69, 9.17) is 8.92 Å². The van der Waals surface area contributed by atoms with Crippen molar-refractivity contribution in [1.29, 1.82) is 0 Å². The number of nitrogens with zero attached hydrogens (tertiary/aromatic N) is 2. The summed E-state index contributed by atoms with van der Waals surface area (Å²) in [4.78, 5) is 11.7. The lowest BCUT2D eigenvalue weighted by atomic mass is 9.74. The molecule has 0 aliphatic carbocycles. The first-order valence-corrected chi connectivity index (χ1v) is 15.9. The summed E-state index contributed by atoms with van der Waals surface area (Å²) >= 11 is 0. The summed E-state index contributed by atoms with van der Waals surface area (Å²) in [5.74, 6) is 1.59. The van der Waals surface area contributed by atoms with Crippen molar-refractivity contribution < 1.29 is 8.92 Å². The number of hydrogen-bond donors (Lipinski definition) is 1. The van der Waals surface area contributed by atoms with Gasteiger partial charge in [-0.15, -0.1) is 0 Å². The molecule has 2 atom stereocenters. The summed E-state index contributed by atoms with van der Waals surface area (Å²) in [7, 11) is -1.74. The minimum atomic E-state index is -1.74. The number of aromatic nitrogens is 2. The first kappa shape index (κ1) is 29.6. The van der Waals surface area contributed by atoms with Gasteiger partial charge in [0.15, 0.2) is 5.75 Å². The van der Waals surface area contributed by atoms with E-state index in [9.17, 15) is 0 Å². The van der Waals surface area contributed by atoms with Gasteiger partial charge >= 0.3 is 0 Å². The van der Waals surface area contributed by atoms with Crippen LogP contribution in [0.25, 0.3) is 0 Å². The fourth-order valence-corrected chi connectivity index (χ4v) is 9.36. The maximum absolute atomic E-state index is 7.17. The largest absolute Gasteiger partial charge is 0.488 e. The maximum Gasteiger partial charge on any atom is 0.156 e. The smallest absolute Gasteiger partial charge is 0.156 e. The van der Waals surface area contributed by atoms with Crippen LogP contribution in [0.4, 0.5) is 0 Å². The molecule has 6 heteroatoms. The van der Waals surface area contributed by atoms with Gasteiger partial charge in [0.25, 0.3) is 0 Å². The minimum Gasteiger partial charge on any atom is -0.488 e. The monoisotopic (exact) mass is 549 g/mol. The molecule has 5 nitrogen and oxygen atoms in total. The predicted molar refractivity (Wildman–Crippen MR) is 163 cm³/mol. The van der Waals surface area contributed by atoms with E-state index >= 15 is 0 Å². The second-order valence-electron chi connectivity index (χ2n) is 12.6. The SMILES string of the molecule is CC(C)Oc1cnc(CC2CCC(C)(C)C(CCOS(c3ccccc3)(c3ccccc3)C(C)(C)C)N2)nc1. The molecule has 1 saturated heterocycles. The Morgan fingerprint density at radius 2 is 1.51 bits per heavy atom. The van der Waals surface area contributed by atoms with Gasteiger partial charge in [0.2, 0.25) is 0 Å². The van der Waals surface area contributed by atoms with Crippen LogP contribution in [0.3, 0.4) is 0 Å². The van der Waals surface area contributed by atoms with Gasteiger partial charge in [-0.1, -0.05) is 60.6 Å². The van der Waals surface area contributed by atoms with Gasteiger partial charge in [0.1, 0.15) is 5.82 Å². The fraction of sp³-hybridized carbons (Fsp3) is 0.515. The molecular formula is C33H47N3O2S. The number of hydrogen-bond acceptors (Lipinski definition) is 5. The summed E-state index contributed by atoms with van der Waals surface area (Å²) in [6.07, 6.45) is 7.76. The van der Waals surface area contributed by atoms with Gasteiger partial charge in [-0.3, -0.25) is 0 Å². The molecule has 1 aliphatic rings. The quantitative estimate of drug-likeness (QED) is 0.278. The number of ether oxygens (including phenoxy) is 1. The van der Waals surface area contributed by atoms with Gasteiger partial charge in [0, 0.05) is 33.0 Å². The topological polar surface area (TPSA) is 56.3 Å². The van der Waals surface area contributed by atoms with Crippen molar-refractivity contribution in [3.05, 3.63) is 78.9 Å². The van der Waals surface area contributed by atoms with Crippen LogP contribution in [0.1, 0.15) is 73.6 Å². The lowest BCUT2D eigenvalue weighted by Crippen LogP contribution is -2.53. The molecule has 212 valence electrons. The van der Waals surface area contributed by atoms with E-state index in [1.54, 1.807) is 12.4 Å². The normalized spacial score (nSPS) is 20.1. The average Bonchev–Trinajstić information content (AvgIpc) is 2.89. The first-order chi connectivity index (χ1) is 18.5. The van der Waals surface area contributed by atoms with E-state index in [2.05, 4.69) is 111 Å². The van der Waals surface area contributed by atoms with E-state index in [0.29, 0.717) is 18.7 Å². The highest BCUT2D eigenvalue weighted by atomic mass is 32.3. The van der Waals surface area contributed by atoms with Crippen molar-refractivity contribution in [3.8, 4) is 5.75 Å². The zero-order chi connectivity index (χ0) is 28.1. The highest BCUT2D eigenvalue weighted by Gasteiger charge is 2.42. The summed E-state index contributed by atoms with van der Waals surface area (Å²) in [6, 6.07) is 22.4. The molecule has 2 unspecified atom stereocenters. The molecule has 2 aromatic carbocycles. The van der Waals surface area contributed by atoms with E-state index in [-0.39, 0.29) is 16.3 Å². The third-order valence-electron chi connectivity index (χ3n) is 7.68. The molecule has 0 radical (unpaired) electrons. The van der Waals surface area contributed by atoms with Crippen LogP contribution in [-0.4, -0.2) is 39.5 Å². The number of nitrogens with one attached hydrogen (secondary N) is 1. The zero-order valence-corrected chi connectivity index (χ0v) is 25.6. The van der Waals surface area contributed by atoms with Crippen molar-refractivity contribution in [1.82, 2.24) is 15.3 Å². The summed E-state index contributed by atoms with van der Waals surface area (Å²) in [6.45, 7) is 16.4. The Kier molecular flexibility index (Phi) is 9.41. The van der Waals surface area contributed by atoms with E-state index in [0.717, 1.165) is 30.8 Å². The average molecular weight is 550 g/mol. The highest BCUT2D eigenvalue weighted by Crippen LogP contribution is 2.71. The Balaban J connectivity index is 1.49. The maximum atomic E-state index is 7.17. The molecule has 39 heavy (non-hydrogen) atoms. The van der Waals surface area contributed by atoms with Gasteiger partial charge in [0.05, 0.1) is 25.1 Å². The standard InChI is InChI=1S/C33H47N3O2S/c1-25(2)38-27-23-34-31(35-24-27)22-26-18-20-33(6,7)30(36-26)19-21-37-39(32(3,4)5,28-14-10-8-11-15-28)29-16-12-9-13-17-29/h8-17,23-26,30,36H,18-22H2,1-7H3. The predicted octanol–water partition coefficient (Wildman–Crippen LogP) is 8.00. The van der Waals surface area contributed by atoms with Gasteiger partial charge < -0.3 is 14.2 Å². The summed E-state index contributed by atoms with van der Waals surface area (Å²) < 4.78 is 12.8. The molecule has 0 amide bonds. The van der Waals surface area contributed by atoms with E-state index in [1.807, 2.05) is 13.8 Å². The van der Waals surface area contributed by atoms with Crippen molar-refractivity contribution in [3.63, 3.8) is 0 Å². The van der Waals surface area contributed by atoms with E-state index < -0.39 is 10.3 Å². The van der Waals surface area contributed by atoms with Gasteiger partial charge in [-0.25, -0.2) is 9.97 Å². The van der Waals surface area contributed by atoms with Crippen LogP contribution in [0.2, 0.25) is 0 Å². The van der Waals surface area contributed by atoms with Crippen LogP contribution < -0.4 is 10.1 Å². The molecular weight excluding hydrogens is 502 g/mol. The zero-order valence-electron chi connectivity index (χ0n) is 24.8. The molecule has 3 aromatic rings. The van der Waals surface area contributed by atoms with Crippen LogP contribution in [-0.2, 0) is 10.6 Å². The molecule has 0 spiro atoms. The molecule has 1 fully saturated rings. The van der Waals surface area contributed by atoms with Crippen molar-refractivity contribution in [2.45, 2.75) is 107 Å². The summed E-state index contributed by atoms with van der Waals surface area (Å²) in [5, 5.41) is 3.96. The minimum absolute atomic E-state index is 0.0729. The molecule has 1 aromatic heterocycles. The van der Waals surface area contributed by atoms with Crippen molar-refractivity contribution in [2.24, 2.45) is 5.41 Å². The molecule has 2 heterocycles. The van der Waals surface area contributed by atoms with Gasteiger partial charge in [-0.2, -0.15) is 0 Å². The van der Waals surface area contributed by atoms with Crippen molar-refractivity contribution >= 4 is 10.3 Å². The molecule has 0 bridgehead atoms. The highest BCUT2D eigenvalue weighted by molar-refractivity contribution is 8.31. The Morgan fingerprint density at radius 1 is 0.949 bits per heavy atom. The molecule has 4 rings (SSSR count). The second-order valence-corrected chi connectivity index (χ2v) is 16.1.